The highest BCUT2D eigenvalue weighted by atomic mass is 15.2. The number of anilines is 1. The molecule has 0 fully saturated rings. The van der Waals surface area contributed by atoms with E-state index in [1.54, 1.807) is 6.20 Å². The van der Waals surface area contributed by atoms with Crippen LogP contribution in [-0.4, -0.2) is 29.4 Å². The SMILES string of the molecule is CN1[B]N(c2ccc(-c3ccccn3)cn2)C=C1. The zero-order chi connectivity index (χ0) is 12.4. The summed E-state index contributed by atoms with van der Waals surface area (Å²) in [6.45, 7) is 0. The highest BCUT2D eigenvalue weighted by Crippen LogP contribution is 2.19. The zero-order valence-electron chi connectivity index (χ0n) is 10.1. The summed E-state index contributed by atoms with van der Waals surface area (Å²) < 4.78 is 0. The Bertz CT molecular complexity index is 553. The molecular formula is C13H12BN4. The van der Waals surface area contributed by atoms with Crippen LogP contribution in [0.3, 0.4) is 0 Å². The van der Waals surface area contributed by atoms with E-state index in [0.717, 1.165) is 17.1 Å². The van der Waals surface area contributed by atoms with E-state index in [2.05, 4.69) is 9.97 Å². The van der Waals surface area contributed by atoms with Crippen LogP contribution >= 0.6 is 0 Å². The lowest BCUT2D eigenvalue weighted by Crippen LogP contribution is -2.26. The van der Waals surface area contributed by atoms with Crippen LogP contribution in [0.25, 0.3) is 11.3 Å². The highest BCUT2D eigenvalue weighted by Gasteiger charge is 2.14. The normalized spacial score (nSPS) is 13.8. The van der Waals surface area contributed by atoms with E-state index in [0.29, 0.717) is 0 Å². The monoisotopic (exact) mass is 235 g/mol. The first-order valence-corrected chi connectivity index (χ1v) is 5.74. The van der Waals surface area contributed by atoms with Gasteiger partial charge in [-0.25, -0.2) is 4.98 Å². The molecule has 0 unspecified atom stereocenters. The number of hydrogen-bond acceptors (Lipinski definition) is 4. The largest absolute Gasteiger partial charge is 0.406 e. The van der Waals surface area contributed by atoms with Crippen molar-refractivity contribution in [2.75, 3.05) is 11.9 Å². The molecule has 4 nitrogen and oxygen atoms in total. The predicted octanol–water partition coefficient (Wildman–Crippen LogP) is 1.90. The Labute approximate surface area is 107 Å². The Morgan fingerprint density at radius 2 is 2.00 bits per heavy atom. The van der Waals surface area contributed by atoms with E-state index in [9.17, 15) is 0 Å². The minimum absolute atomic E-state index is 0.898. The molecule has 0 aliphatic carbocycles. The molecule has 1 radical (unpaired) electrons. The average Bonchev–Trinajstić information content (AvgIpc) is 2.87. The molecule has 0 spiro atoms. The van der Waals surface area contributed by atoms with Crippen molar-refractivity contribution in [3.8, 4) is 11.3 Å². The van der Waals surface area contributed by atoms with Gasteiger partial charge >= 0.3 is 7.55 Å². The molecule has 18 heavy (non-hydrogen) atoms. The van der Waals surface area contributed by atoms with Gasteiger partial charge in [0, 0.05) is 30.4 Å². The van der Waals surface area contributed by atoms with E-state index in [-0.39, 0.29) is 0 Å². The number of hydrogen-bond donors (Lipinski definition) is 0. The van der Waals surface area contributed by atoms with Crippen LogP contribution in [0, 0.1) is 0 Å². The minimum Gasteiger partial charge on any atom is -0.406 e. The summed E-state index contributed by atoms with van der Waals surface area (Å²) in [4.78, 5) is 12.7. The van der Waals surface area contributed by atoms with Crippen molar-refractivity contribution in [2.45, 2.75) is 0 Å². The van der Waals surface area contributed by atoms with Gasteiger partial charge in [-0.3, -0.25) is 4.98 Å². The van der Waals surface area contributed by atoms with Crippen LogP contribution in [0.1, 0.15) is 0 Å². The molecule has 0 bridgehead atoms. The van der Waals surface area contributed by atoms with E-state index in [4.69, 9.17) is 0 Å². The zero-order valence-corrected chi connectivity index (χ0v) is 10.1. The van der Waals surface area contributed by atoms with Crippen molar-refractivity contribution in [3.05, 3.63) is 55.1 Å². The molecule has 3 heterocycles. The molecule has 1 aliphatic rings. The Morgan fingerprint density at radius 1 is 1.06 bits per heavy atom. The van der Waals surface area contributed by atoms with Crippen molar-refractivity contribution < 1.29 is 0 Å². The third-order valence-corrected chi connectivity index (χ3v) is 2.74. The summed E-state index contributed by atoms with van der Waals surface area (Å²) in [5, 5.41) is 0. The lowest BCUT2D eigenvalue weighted by Gasteiger charge is -2.15. The second kappa shape index (κ2) is 4.53. The molecule has 1 aliphatic heterocycles. The van der Waals surface area contributed by atoms with Crippen molar-refractivity contribution in [2.24, 2.45) is 0 Å². The molecule has 0 amide bonds. The molecule has 0 atom stereocenters. The maximum Gasteiger partial charge on any atom is 0.396 e. The summed E-state index contributed by atoms with van der Waals surface area (Å²) in [6, 6.07) is 9.88. The summed E-state index contributed by atoms with van der Waals surface area (Å²) in [6.07, 6.45) is 7.59. The predicted molar refractivity (Wildman–Crippen MR) is 72.6 cm³/mol. The third kappa shape index (κ3) is 2.07. The number of rotatable bonds is 2. The smallest absolute Gasteiger partial charge is 0.396 e. The van der Waals surface area contributed by atoms with Gasteiger partial charge in [-0.15, -0.1) is 0 Å². The molecule has 87 valence electrons. The first-order valence-electron chi connectivity index (χ1n) is 5.74. The van der Waals surface area contributed by atoms with Crippen molar-refractivity contribution in [1.82, 2.24) is 14.8 Å². The van der Waals surface area contributed by atoms with Gasteiger partial charge in [-0.1, -0.05) is 6.07 Å². The second-order valence-corrected chi connectivity index (χ2v) is 4.11. The van der Waals surface area contributed by atoms with Crippen LogP contribution < -0.4 is 4.81 Å². The van der Waals surface area contributed by atoms with Crippen LogP contribution in [0.5, 0.6) is 0 Å². The standard InChI is InChI=1S/C13H12BN4/c1-17-8-9-18(14-17)13-6-5-11(10-16-13)12-4-2-3-7-15-12/h2-10H,1H3. The second-order valence-electron chi connectivity index (χ2n) is 4.11. The van der Waals surface area contributed by atoms with Gasteiger partial charge in [0.1, 0.15) is 5.82 Å². The number of aromatic nitrogens is 2. The van der Waals surface area contributed by atoms with Crippen LogP contribution in [0.2, 0.25) is 0 Å². The third-order valence-electron chi connectivity index (χ3n) is 2.74. The summed E-state index contributed by atoms with van der Waals surface area (Å²) in [7, 11) is 3.96. The maximum absolute atomic E-state index is 4.45. The molecular weight excluding hydrogens is 223 g/mol. The lowest BCUT2D eigenvalue weighted by molar-refractivity contribution is 0.746. The fraction of sp³-hybridized carbons (Fsp3) is 0.0769. The quantitative estimate of drug-likeness (QED) is 0.744. The fourth-order valence-corrected chi connectivity index (χ4v) is 1.81. The Morgan fingerprint density at radius 3 is 2.61 bits per heavy atom. The Hall–Kier alpha value is -2.30. The minimum atomic E-state index is 0.898. The van der Waals surface area contributed by atoms with E-state index in [1.165, 1.54) is 0 Å². The Kier molecular flexibility index (Phi) is 2.72. The van der Waals surface area contributed by atoms with Gasteiger partial charge in [0.05, 0.1) is 5.69 Å². The van der Waals surface area contributed by atoms with E-state index < -0.39 is 0 Å². The van der Waals surface area contributed by atoms with Gasteiger partial charge in [-0.05, 0) is 31.3 Å². The van der Waals surface area contributed by atoms with Gasteiger partial charge in [0.15, 0.2) is 0 Å². The van der Waals surface area contributed by atoms with Crippen molar-refractivity contribution >= 4 is 13.4 Å². The molecule has 2 aromatic heterocycles. The van der Waals surface area contributed by atoms with Crippen LogP contribution in [0.15, 0.2) is 55.1 Å². The number of pyridine rings is 2. The van der Waals surface area contributed by atoms with E-state index >= 15 is 0 Å². The molecule has 2 aromatic rings. The van der Waals surface area contributed by atoms with Crippen molar-refractivity contribution in [3.63, 3.8) is 0 Å². The summed E-state index contributed by atoms with van der Waals surface area (Å²) >= 11 is 0. The molecule has 0 saturated heterocycles. The van der Waals surface area contributed by atoms with Gasteiger partial charge in [0.2, 0.25) is 0 Å². The van der Waals surface area contributed by atoms with E-state index in [1.807, 2.05) is 73.1 Å². The van der Waals surface area contributed by atoms with Crippen molar-refractivity contribution in [1.29, 1.82) is 0 Å². The molecule has 3 rings (SSSR count). The molecule has 0 saturated carbocycles. The molecule has 5 heteroatoms. The fourth-order valence-electron chi connectivity index (χ4n) is 1.81. The Balaban J connectivity index is 1.84. The molecule has 0 aromatic carbocycles. The average molecular weight is 235 g/mol. The van der Waals surface area contributed by atoms with Gasteiger partial charge < -0.3 is 9.62 Å². The topological polar surface area (TPSA) is 32.3 Å². The first-order chi connectivity index (χ1) is 8.83. The summed E-state index contributed by atoms with van der Waals surface area (Å²) in [5.74, 6) is 0.898. The summed E-state index contributed by atoms with van der Waals surface area (Å²) in [5.41, 5.74) is 1.96. The van der Waals surface area contributed by atoms with Gasteiger partial charge in [0.25, 0.3) is 0 Å². The highest BCUT2D eigenvalue weighted by molar-refractivity contribution is 6.40. The van der Waals surface area contributed by atoms with Gasteiger partial charge in [-0.2, -0.15) is 0 Å². The first kappa shape index (κ1) is 10.8. The lowest BCUT2D eigenvalue weighted by atomic mass is 10.1. The molecule has 0 N–H and O–H groups in total. The number of nitrogens with zero attached hydrogens (tertiary/aromatic N) is 4. The van der Waals surface area contributed by atoms with Crippen LogP contribution in [0.4, 0.5) is 5.82 Å². The maximum atomic E-state index is 4.45. The van der Waals surface area contributed by atoms with Crippen LogP contribution in [-0.2, 0) is 0 Å².